The Morgan fingerprint density at radius 3 is 2.90 bits per heavy atom. The number of benzene rings is 1. The lowest BCUT2D eigenvalue weighted by molar-refractivity contribution is -0.384. The number of carbonyl (C=O) groups is 1. The number of hydrogen-bond acceptors (Lipinski definition) is 4. The number of amides is 1. The minimum atomic E-state index is -0.504. The van der Waals surface area contributed by atoms with E-state index in [2.05, 4.69) is 6.92 Å². The van der Waals surface area contributed by atoms with E-state index in [1.807, 2.05) is 4.90 Å². The van der Waals surface area contributed by atoms with Crippen LogP contribution < -0.4 is 5.73 Å². The Morgan fingerprint density at radius 2 is 2.24 bits per heavy atom. The molecule has 0 radical (unpaired) electrons. The van der Waals surface area contributed by atoms with Crippen LogP contribution in [0.4, 0.5) is 11.4 Å². The van der Waals surface area contributed by atoms with Gasteiger partial charge in [0.25, 0.3) is 11.6 Å². The first kappa shape index (κ1) is 15.3. The zero-order valence-corrected chi connectivity index (χ0v) is 12.2. The first-order chi connectivity index (χ1) is 10.0. The van der Waals surface area contributed by atoms with E-state index in [1.165, 1.54) is 18.2 Å². The predicted octanol–water partition coefficient (Wildman–Crippen LogP) is 2.97. The highest BCUT2D eigenvalue weighted by Gasteiger charge is 2.28. The van der Waals surface area contributed by atoms with Gasteiger partial charge >= 0.3 is 0 Å². The highest BCUT2D eigenvalue weighted by molar-refractivity contribution is 6.00. The molecule has 1 aliphatic heterocycles. The van der Waals surface area contributed by atoms with E-state index in [0.717, 1.165) is 32.1 Å². The summed E-state index contributed by atoms with van der Waals surface area (Å²) in [5.74, 6) is -0.186. The van der Waals surface area contributed by atoms with Crippen molar-refractivity contribution < 1.29 is 9.72 Å². The molecule has 2 N–H and O–H groups in total. The lowest BCUT2D eigenvalue weighted by Gasteiger charge is -2.36. The van der Waals surface area contributed by atoms with Gasteiger partial charge in [0.15, 0.2) is 0 Å². The molecule has 0 saturated carbocycles. The van der Waals surface area contributed by atoms with Crippen molar-refractivity contribution in [3.05, 3.63) is 33.9 Å². The number of non-ortho nitro benzene ring substituents is 1. The fraction of sp³-hybridized carbons (Fsp3) is 0.533. The standard InChI is InChI=1S/C15H21N3O3/c1-2-5-11-6-3-4-9-17(11)15(19)13-10-12(18(20)21)7-8-14(13)16/h7-8,10-11H,2-6,9,16H2,1H3. The number of nitro groups is 1. The summed E-state index contributed by atoms with van der Waals surface area (Å²) in [6.45, 7) is 2.80. The van der Waals surface area contributed by atoms with Crippen LogP contribution in [0.25, 0.3) is 0 Å². The molecule has 6 heteroatoms. The van der Waals surface area contributed by atoms with Crippen molar-refractivity contribution in [1.29, 1.82) is 0 Å². The van der Waals surface area contributed by atoms with Gasteiger partial charge in [-0.25, -0.2) is 0 Å². The van der Waals surface area contributed by atoms with Crippen molar-refractivity contribution in [1.82, 2.24) is 4.90 Å². The summed E-state index contributed by atoms with van der Waals surface area (Å²) < 4.78 is 0. The van der Waals surface area contributed by atoms with Gasteiger partial charge < -0.3 is 10.6 Å². The fourth-order valence-electron chi connectivity index (χ4n) is 2.90. The molecule has 1 aromatic carbocycles. The van der Waals surface area contributed by atoms with Crippen molar-refractivity contribution in [3.8, 4) is 0 Å². The Kier molecular flexibility index (Phi) is 4.77. The molecule has 1 saturated heterocycles. The van der Waals surface area contributed by atoms with Crippen molar-refractivity contribution >= 4 is 17.3 Å². The molecule has 1 heterocycles. The largest absolute Gasteiger partial charge is 0.398 e. The summed E-state index contributed by atoms with van der Waals surface area (Å²) in [5.41, 5.74) is 6.29. The van der Waals surface area contributed by atoms with Gasteiger partial charge in [-0.3, -0.25) is 14.9 Å². The molecule has 1 aromatic rings. The topological polar surface area (TPSA) is 89.5 Å². The number of nitrogens with zero attached hydrogens (tertiary/aromatic N) is 2. The molecule has 0 bridgehead atoms. The number of likely N-dealkylation sites (tertiary alicyclic amines) is 1. The number of piperidine rings is 1. The van der Waals surface area contributed by atoms with Gasteiger partial charge in [-0.05, 0) is 31.7 Å². The first-order valence-electron chi connectivity index (χ1n) is 7.39. The molecule has 21 heavy (non-hydrogen) atoms. The number of carbonyl (C=O) groups excluding carboxylic acids is 1. The van der Waals surface area contributed by atoms with Crippen molar-refractivity contribution in [2.45, 2.75) is 45.1 Å². The minimum absolute atomic E-state index is 0.100. The zero-order valence-electron chi connectivity index (χ0n) is 12.2. The maximum atomic E-state index is 12.7. The van der Waals surface area contributed by atoms with E-state index in [1.54, 1.807) is 0 Å². The molecule has 1 fully saturated rings. The average molecular weight is 291 g/mol. The predicted molar refractivity (Wildman–Crippen MR) is 81.1 cm³/mol. The lowest BCUT2D eigenvalue weighted by atomic mass is 9.97. The van der Waals surface area contributed by atoms with Crippen molar-refractivity contribution in [2.24, 2.45) is 0 Å². The van der Waals surface area contributed by atoms with E-state index >= 15 is 0 Å². The smallest absolute Gasteiger partial charge is 0.270 e. The van der Waals surface area contributed by atoms with Crippen LogP contribution in [0.1, 0.15) is 49.4 Å². The molecular weight excluding hydrogens is 270 g/mol. The van der Waals surface area contributed by atoms with Crippen LogP contribution in [0.15, 0.2) is 18.2 Å². The SMILES string of the molecule is CCCC1CCCCN1C(=O)c1cc([N+](=O)[O-])ccc1N. The van der Waals surface area contributed by atoms with Gasteiger partial charge in [0, 0.05) is 30.4 Å². The van der Waals surface area contributed by atoms with Crippen molar-refractivity contribution in [2.75, 3.05) is 12.3 Å². The molecule has 1 amide bonds. The first-order valence-corrected chi connectivity index (χ1v) is 7.39. The molecule has 1 aliphatic rings. The fourth-order valence-corrected chi connectivity index (χ4v) is 2.90. The number of hydrogen-bond donors (Lipinski definition) is 1. The highest BCUT2D eigenvalue weighted by atomic mass is 16.6. The summed E-state index contributed by atoms with van der Waals surface area (Å²) >= 11 is 0. The van der Waals surface area contributed by atoms with Crippen molar-refractivity contribution in [3.63, 3.8) is 0 Å². The molecule has 114 valence electrons. The van der Waals surface area contributed by atoms with E-state index in [-0.39, 0.29) is 23.2 Å². The number of nitrogen functional groups attached to an aromatic ring is 1. The summed E-state index contributed by atoms with van der Waals surface area (Å²) in [4.78, 5) is 24.9. The number of rotatable bonds is 4. The Balaban J connectivity index is 2.29. The summed E-state index contributed by atoms with van der Waals surface area (Å²) in [5, 5.41) is 10.9. The molecule has 0 aliphatic carbocycles. The zero-order chi connectivity index (χ0) is 15.4. The van der Waals surface area contributed by atoms with E-state index in [0.29, 0.717) is 12.2 Å². The minimum Gasteiger partial charge on any atom is -0.398 e. The molecule has 0 aromatic heterocycles. The van der Waals surface area contributed by atoms with Gasteiger partial charge in [-0.2, -0.15) is 0 Å². The number of nitrogens with two attached hydrogens (primary N) is 1. The third-order valence-electron chi connectivity index (χ3n) is 3.99. The van der Waals surface area contributed by atoms with E-state index in [4.69, 9.17) is 5.73 Å². The summed E-state index contributed by atoms with van der Waals surface area (Å²) in [6.07, 6.45) is 5.06. The third-order valence-corrected chi connectivity index (χ3v) is 3.99. The number of nitro benzene ring substituents is 1. The van der Waals surface area contributed by atoms with Gasteiger partial charge in [0.2, 0.25) is 0 Å². The van der Waals surface area contributed by atoms with Crippen LogP contribution in [0.3, 0.4) is 0 Å². The summed E-state index contributed by atoms with van der Waals surface area (Å²) in [6, 6.07) is 4.26. The quantitative estimate of drug-likeness (QED) is 0.524. The van der Waals surface area contributed by atoms with Gasteiger partial charge in [0.05, 0.1) is 10.5 Å². The molecule has 2 rings (SSSR count). The molecule has 6 nitrogen and oxygen atoms in total. The second-order valence-electron chi connectivity index (χ2n) is 5.47. The highest BCUT2D eigenvalue weighted by Crippen LogP contribution is 2.26. The Morgan fingerprint density at radius 1 is 1.48 bits per heavy atom. The van der Waals surface area contributed by atoms with E-state index < -0.39 is 4.92 Å². The van der Waals surface area contributed by atoms with Crippen LogP contribution in [-0.4, -0.2) is 28.3 Å². The molecule has 1 unspecified atom stereocenters. The van der Waals surface area contributed by atoms with Crippen LogP contribution in [0, 0.1) is 10.1 Å². The lowest BCUT2D eigenvalue weighted by Crippen LogP contribution is -2.43. The van der Waals surface area contributed by atoms with Crippen LogP contribution in [0.2, 0.25) is 0 Å². The number of anilines is 1. The van der Waals surface area contributed by atoms with Gasteiger partial charge in [0.1, 0.15) is 0 Å². The Labute approximate surface area is 124 Å². The van der Waals surface area contributed by atoms with Crippen LogP contribution in [-0.2, 0) is 0 Å². The van der Waals surface area contributed by atoms with Gasteiger partial charge in [-0.1, -0.05) is 13.3 Å². The summed E-state index contributed by atoms with van der Waals surface area (Å²) in [7, 11) is 0. The normalized spacial score (nSPS) is 18.5. The van der Waals surface area contributed by atoms with Crippen LogP contribution >= 0.6 is 0 Å². The van der Waals surface area contributed by atoms with E-state index in [9.17, 15) is 14.9 Å². The third kappa shape index (κ3) is 3.32. The average Bonchev–Trinajstić information content (AvgIpc) is 2.47. The second-order valence-corrected chi connectivity index (χ2v) is 5.47. The van der Waals surface area contributed by atoms with Crippen LogP contribution in [0.5, 0.6) is 0 Å². The second kappa shape index (κ2) is 6.56. The van der Waals surface area contributed by atoms with Gasteiger partial charge in [-0.15, -0.1) is 0 Å². The maximum Gasteiger partial charge on any atom is 0.270 e. The monoisotopic (exact) mass is 291 g/mol. The molecule has 1 atom stereocenters. The maximum absolute atomic E-state index is 12.7. The molecular formula is C15H21N3O3. The Hall–Kier alpha value is -2.11. The molecule has 0 spiro atoms. The Bertz CT molecular complexity index is 543.